The van der Waals surface area contributed by atoms with Crippen molar-refractivity contribution in [1.29, 1.82) is 0 Å². The maximum Gasteiger partial charge on any atom is 0.243 e. The number of hydrogen-bond donors (Lipinski definition) is 1. The number of nitrogens with zero attached hydrogens (tertiary/aromatic N) is 2. The Bertz CT molecular complexity index is 708. The number of rotatable bonds is 5. The zero-order chi connectivity index (χ0) is 18.6. The quantitative estimate of drug-likeness (QED) is 0.837. The highest BCUT2D eigenvalue weighted by Gasteiger charge is 2.26. The van der Waals surface area contributed by atoms with Gasteiger partial charge in [0.15, 0.2) is 0 Å². The Morgan fingerprint density at radius 2 is 1.65 bits per heavy atom. The van der Waals surface area contributed by atoms with Gasteiger partial charge in [0.2, 0.25) is 15.9 Å². The molecule has 0 bridgehead atoms. The van der Waals surface area contributed by atoms with Gasteiger partial charge in [-0.3, -0.25) is 9.69 Å². The van der Waals surface area contributed by atoms with Crippen molar-refractivity contribution in [2.45, 2.75) is 37.1 Å². The number of amides is 1. The fraction of sp³-hybridized carbons (Fsp3) is 0.611. The molecule has 1 aromatic rings. The Hall–Kier alpha value is -1.48. The molecule has 1 aromatic carbocycles. The number of carbonyl (C=O) groups is 1. The zero-order valence-corrected chi connectivity index (χ0v) is 16.0. The summed E-state index contributed by atoms with van der Waals surface area (Å²) in [5.41, 5.74) is 0.604. The standard InChI is InChI=1S/C18H27N3O4S/c1-15(20-11-13-25-14-12-20)18(22)19-16-5-7-17(8-6-16)26(23,24)21-9-3-2-4-10-21/h5-8,15H,2-4,9-14H2,1H3,(H,19,22). The Labute approximate surface area is 155 Å². The van der Waals surface area contributed by atoms with Crippen LogP contribution in [-0.4, -0.2) is 69.0 Å². The van der Waals surface area contributed by atoms with E-state index in [4.69, 9.17) is 4.74 Å². The normalized spacial score (nSPS) is 21.3. The van der Waals surface area contributed by atoms with E-state index >= 15 is 0 Å². The number of hydrogen-bond acceptors (Lipinski definition) is 5. The van der Waals surface area contributed by atoms with Crippen molar-refractivity contribution >= 4 is 21.6 Å². The Kier molecular flexibility index (Phi) is 6.29. The van der Waals surface area contributed by atoms with Crippen LogP contribution < -0.4 is 5.32 Å². The fourth-order valence-corrected chi connectivity index (χ4v) is 4.86. The largest absolute Gasteiger partial charge is 0.379 e. The van der Waals surface area contributed by atoms with Crippen LogP contribution in [0.5, 0.6) is 0 Å². The van der Waals surface area contributed by atoms with E-state index in [2.05, 4.69) is 10.2 Å². The van der Waals surface area contributed by atoms with E-state index in [1.807, 2.05) is 6.92 Å². The van der Waals surface area contributed by atoms with Crippen molar-refractivity contribution in [3.8, 4) is 0 Å². The van der Waals surface area contributed by atoms with E-state index in [-0.39, 0.29) is 16.8 Å². The minimum absolute atomic E-state index is 0.0986. The summed E-state index contributed by atoms with van der Waals surface area (Å²) < 4.78 is 32.2. The van der Waals surface area contributed by atoms with Gasteiger partial charge in [0.05, 0.1) is 24.2 Å². The predicted molar refractivity (Wildman–Crippen MR) is 99.5 cm³/mol. The Morgan fingerprint density at radius 1 is 1.04 bits per heavy atom. The fourth-order valence-electron chi connectivity index (χ4n) is 3.34. The molecule has 2 saturated heterocycles. The van der Waals surface area contributed by atoms with Crippen LogP contribution in [-0.2, 0) is 19.6 Å². The molecule has 2 aliphatic rings. The van der Waals surface area contributed by atoms with Crippen LogP contribution in [0, 0.1) is 0 Å². The second kappa shape index (κ2) is 8.47. The van der Waals surface area contributed by atoms with Gasteiger partial charge >= 0.3 is 0 Å². The van der Waals surface area contributed by atoms with Crippen molar-refractivity contribution in [2.24, 2.45) is 0 Å². The van der Waals surface area contributed by atoms with Crippen molar-refractivity contribution in [1.82, 2.24) is 9.21 Å². The van der Waals surface area contributed by atoms with Gasteiger partial charge < -0.3 is 10.1 Å². The molecule has 1 unspecified atom stereocenters. The summed E-state index contributed by atoms with van der Waals surface area (Å²) in [7, 11) is -3.44. The first-order chi connectivity index (χ1) is 12.5. The second-order valence-corrected chi connectivity index (χ2v) is 8.74. The first-order valence-electron chi connectivity index (χ1n) is 9.21. The molecule has 2 heterocycles. The Morgan fingerprint density at radius 3 is 2.27 bits per heavy atom. The molecule has 7 nitrogen and oxygen atoms in total. The average Bonchev–Trinajstić information content (AvgIpc) is 2.69. The van der Waals surface area contributed by atoms with Crippen molar-refractivity contribution in [3.05, 3.63) is 24.3 Å². The van der Waals surface area contributed by atoms with Crippen LogP contribution in [0.4, 0.5) is 5.69 Å². The third-order valence-corrected chi connectivity index (χ3v) is 6.96. The lowest BCUT2D eigenvalue weighted by molar-refractivity contribution is -0.122. The molecule has 1 atom stereocenters. The van der Waals surface area contributed by atoms with E-state index < -0.39 is 10.0 Å². The van der Waals surface area contributed by atoms with Gasteiger partial charge in [0.25, 0.3) is 0 Å². The summed E-state index contributed by atoms with van der Waals surface area (Å²) in [6.45, 7) is 5.79. The second-order valence-electron chi connectivity index (χ2n) is 6.80. The van der Waals surface area contributed by atoms with E-state index in [1.165, 1.54) is 0 Å². The number of carbonyl (C=O) groups excluding carboxylic acids is 1. The molecule has 144 valence electrons. The first kappa shape index (κ1) is 19.3. The summed E-state index contributed by atoms with van der Waals surface area (Å²) in [5.74, 6) is -0.0986. The van der Waals surface area contributed by atoms with Gasteiger partial charge in [-0.05, 0) is 44.0 Å². The summed E-state index contributed by atoms with van der Waals surface area (Å²) in [4.78, 5) is 14.8. The number of nitrogens with one attached hydrogen (secondary N) is 1. The van der Waals surface area contributed by atoms with Crippen LogP contribution in [0.2, 0.25) is 0 Å². The number of morpholine rings is 1. The first-order valence-corrected chi connectivity index (χ1v) is 10.7. The molecule has 8 heteroatoms. The third kappa shape index (κ3) is 4.43. The van der Waals surface area contributed by atoms with Crippen LogP contribution in [0.25, 0.3) is 0 Å². The molecule has 1 N–H and O–H groups in total. The summed E-state index contributed by atoms with van der Waals surface area (Å²) in [6.07, 6.45) is 2.90. The van der Waals surface area contributed by atoms with Crippen molar-refractivity contribution in [3.63, 3.8) is 0 Å². The maximum absolute atomic E-state index is 12.7. The number of benzene rings is 1. The number of anilines is 1. The smallest absolute Gasteiger partial charge is 0.243 e. The van der Waals surface area contributed by atoms with Gasteiger partial charge in [-0.25, -0.2) is 8.42 Å². The molecule has 0 spiro atoms. The number of sulfonamides is 1. The van der Waals surface area contributed by atoms with Gasteiger partial charge in [0.1, 0.15) is 0 Å². The number of piperidine rings is 1. The molecular weight excluding hydrogens is 354 g/mol. The van der Waals surface area contributed by atoms with Crippen molar-refractivity contribution < 1.29 is 17.9 Å². The van der Waals surface area contributed by atoms with E-state index in [9.17, 15) is 13.2 Å². The van der Waals surface area contributed by atoms with Crippen LogP contribution in [0.3, 0.4) is 0 Å². The molecule has 0 aliphatic carbocycles. The van der Waals surface area contributed by atoms with Crippen molar-refractivity contribution in [2.75, 3.05) is 44.7 Å². The number of ether oxygens (including phenoxy) is 1. The van der Waals surface area contributed by atoms with E-state index in [0.717, 1.165) is 32.4 Å². The molecule has 1 amide bonds. The molecule has 2 fully saturated rings. The maximum atomic E-state index is 12.7. The highest BCUT2D eigenvalue weighted by atomic mass is 32.2. The molecule has 0 saturated carbocycles. The topological polar surface area (TPSA) is 79.0 Å². The lowest BCUT2D eigenvalue weighted by atomic mass is 10.2. The van der Waals surface area contributed by atoms with Gasteiger partial charge in [0, 0.05) is 31.9 Å². The highest BCUT2D eigenvalue weighted by molar-refractivity contribution is 7.89. The van der Waals surface area contributed by atoms with Crippen LogP contribution >= 0.6 is 0 Å². The van der Waals surface area contributed by atoms with Crippen LogP contribution in [0.15, 0.2) is 29.2 Å². The SMILES string of the molecule is CC(C(=O)Nc1ccc(S(=O)(=O)N2CCCCC2)cc1)N1CCOCC1. The summed E-state index contributed by atoms with van der Waals surface area (Å²) in [5, 5.41) is 2.87. The molecule has 2 aliphatic heterocycles. The Balaban J connectivity index is 1.62. The third-order valence-electron chi connectivity index (χ3n) is 5.05. The molecular formula is C18H27N3O4S. The van der Waals surface area contributed by atoms with E-state index in [0.29, 0.717) is 32.0 Å². The minimum Gasteiger partial charge on any atom is -0.379 e. The predicted octanol–water partition coefficient (Wildman–Crippen LogP) is 1.52. The van der Waals surface area contributed by atoms with Gasteiger partial charge in [-0.2, -0.15) is 4.31 Å². The summed E-state index contributed by atoms with van der Waals surface area (Å²) in [6, 6.07) is 6.19. The molecule has 26 heavy (non-hydrogen) atoms. The molecule has 0 aromatic heterocycles. The summed E-state index contributed by atoms with van der Waals surface area (Å²) >= 11 is 0. The minimum atomic E-state index is -3.44. The zero-order valence-electron chi connectivity index (χ0n) is 15.2. The monoisotopic (exact) mass is 381 g/mol. The lowest BCUT2D eigenvalue weighted by Gasteiger charge is -2.31. The molecule has 0 radical (unpaired) electrons. The molecule has 3 rings (SSSR count). The van der Waals surface area contributed by atoms with Gasteiger partial charge in [-0.1, -0.05) is 6.42 Å². The van der Waals surface area contributed by atoms with E-state index in [1.54, 1.807) is 28.6 Å². The van der Waals surface area contributed by atoms with Gasteiger partial charge in [-0.15, -0.1) is 0 Å². The van der Waals surface area contributed by atoms with Crippen LogP contribution in [0.1, 0.15) is 26.2 Å². The highest BCUT2D eigenvalue weighted by Crippen LogP contribution is 2.22. The lowest BCUT2D eigenvalue weighted by Crippen LogP contribution is -2.47. The average molecular weight is 381 g/mol.